The van der Waals surface area contributed by atoms with Gasteiger partial charge in [-0.05, 0) is 29.6 Å². The van der Waals surface area contributed by atoms with Gasteiger partial charge >= 0.3 is 0 Å². The van der Waals surface area contributed by atoms with Gasteiger partial charge in [-0.1, -0.05) is 32.4 Å². The molecule has 1 unspecified atom stereocenters. The number of halogens is 1. The fourth-order valence-corrected chi connectivity index (χ4v) is 3.79. The van der Waals surface area contributed by atoms with E-state index in [2.05, 4.69) is 30.9 Å². The Kier molecular flexibility index (Phi) is 3.60. The van der Waals surface area contributed by atoms with Crippen LogP contribution in [0.5, 0.6) is 0 Å². The Balaban J connectivity index is 1.87. The highest BCUT2D eigenvalue weighted by molar-refractivity contribution is 9.10. The first-order chi connectivity index (χ1) is 9.67. The van der Waals surface area contributed by atoms with Crippen LogP contribution in [0, 0.1) is 5.92 Å². The van der Waals surface area contributed by atoms with E-state index in [0.717, 1.165) is 14.7 Å². The van der Waals surface area contributed by atoms with E-state index in [0.29, 0.717) is 24.6 Å². The number of amides is 1. The number of anilines is 1. The first-order valence-electron chi connectivity index (χ1n) is 6.04. The molecule has 1 atom stereocenters. The van der Waals surface area contributed by atoms with Crippen molar-refractivity contribution in [1.29, 1.82) is 0 Å². The van der Waals surface area contributed by atoms with E-state index in [4.69, 9.17) is 5.53 Å². The van der Waals surface area contributed by atoms with Gasteiger partial charge in [0.25, 0.3) is 0 Å². The molecule has 0 bridgehead atoms. The van der Waals surface area contributed by atoms with Gasteiger partial charge in [0, 0.05) is 28.9 Å². The second-order valence-electron chi connectivity index (χ2n) is 4.60. The molecule has 1 fully saturated rings. The fraction of sp³-hybridized carbons (Fsp3) is 0.333. The number of thiazole rings is 1. The van der Waals surface area contributed by atoms with Crippen molar-refractivity contribution in [3.8, 4) is 0 Å². The molecule has 0 radical (unpaired) electrons. The van der Waals surface area contributed by atoms with Crippen molar-refractivity contribution in [2.75, 3.05) is 18.0 Å². The van der Waals surface area contributed by atoms with Crippen LogP contribution in [0.15, 0.2) is 27.8 Å². The summed E-state index contributed by atoms with van der Waals surface area (Å²) >= 11 is 4.93. The maximum absolute atomic E-state index is 12.0. The molecule has 0 N–H and O–H groups in total. The highest BCUT2D eigenvalue weighted by atomic mass is 79.9. The van der Waals surface area contributed by atoms with Gasteiger partial charge in [0.1, 0.15) is 0 Å². The number of rotatable bonds is 3. The molecule has 20 heavy (non-hydrogen) atoms. The molecule has 1 aromatic carbocycles. The molecule has 1 amide bonds. The zero-order valence-corrected chi connectivity index (χ0v) is 12.8. The fourth-order valence-electron chi connectivity index (χ4n) is 2.24. The molecule has 1 aliphatic rings. The number of fused-ring (bicyclic) bond motifs is 1. The van der Waals surface area contributed by atoms with Gasteiger partial charge in [0.15, 0.2) is 5.13 Å². The molecule has 102 valence electrons. The Hall–Kier alpha value is -1.63. The lowest BCUT2D eigenvalue weighted by Gasteiger charge is -2.11. The van der Waals surface area contributed by atoms with Crippen LogP contribution in [-0.2, 0) is 4.79 Å². The second-order valence-corrected chi connectivity index (χ2v) is 6.52. The molecule has 2 aromatic rings. The molecule has 0 aliphatic carbocycles. The zero-order chi connectivity index (χ0) is 14.1. The molecule has 1 saturated heterocycles. The van der Waals surface area contributed by atoms with E-state index in [1.54, 1.807) is 4.90 Å². The number of carbonyl (C=O) groups excluding carboxylic acids is 1. The Morgan fingerprint density at radius 1 is 1.60 bits per heavy atom. The highest BCUT2D eigenvalue weighted by Crippen LogP contribution is 2.34. The molecule has 0 spiro atoms. The number of azide groups is 1. The number of carbonyl (C=O) groups is 1. The van der Waals surface area contributed by atoms with Crippen LogP contribution in [0.25, 0.3) is 20.7 Å². The molecule has 0 saturated carbocycles. The Labute approximate surface area is 127 Å². The van der Waals surface area contributed by atoms with Crippen LogP contribution >= 0.6 is 27.3 Å². The topological polar surface area (TPSA) is 82.0 Å². The maximum Gasteiger partial charge on any atom is 0.229 e. The summed E-state index contributed by atoms with van der Waals surface area (Å²) in [6, 6.07) is 5.86. The van der Waals surface area contributed by atoms with Crippen LogP contribution < -0.4 is 4.90 Å². The summed E-state index contributed by atoms with van der Waals surface area (Å²) in [6.07, 6.45) is 0.415. The third-order valence-electron chi connectivity index (χ3n) is 3.18. The molecule has 2 heterocycles. The number of benzene rings is 1. The van der Waals surface area contributed by atoms with Gasteiger partial charge in [-0.25, -0.2) is 4.98 Å². The summed E-state index contributed by atoms with van der Waals surface area (Å²) in [6.45, 7) is 0.925. The number of aromatic nitrogens is 1. The van der Waals surface area contributed by atoms with Crippen molar-refractivity contribution in [3.63, 3.8) is 0 Å². The van der Waals surface area contributed by atoms with Crippen LogP contribution in [0.4, 0.5) is 5.13 Å². The summed E-state index contributed by atoms with van der Waals surface area (Å²) < 4.78 is 2.04. The first kappa shape index (κ1) is 13.4. The summed E-state index contributed by atoms with van der Waals surface area (Å²) in [4.78, 5) is 21.0. The lowest BCUT2D eigenvalue weighted by atomic mass is 10.1. The Morgan fingerprint density at radius 3 is 3.25 bits per heavy atom. The molecule has 1 aliphatic heterocycles. The smallest absolute Gasteiger partial charge is 0.229 e. The van der Waals surface area contributed by atoms with E-state index in [9.17, 15) is 4.79 Å². The minimum absolute atomic E-state index is 0.0428. The first-order valence-corrected chi connectivity index (χ1v) is 7.65. The van der Waals surface area contributed by atoms with Gasteiger partial charge < -0.3 is 0 Å². The highest BCUT2D eigenvalue weighted by Gasteiger charge is 2.31. The molecular weight excluding hydrogens is 342 g/mol. The third-order valence-corrected chi connectivity index (χ3v) is 4.71. The van der Waals surface area contributed by atoms with Gasteiger partial charge in [-0.15, -0.1) is 0 Å². The van der Waals surface area contributed by atoms with E-state index in [1.807, 2.05) is 18.2 Å². The van der Waals surface area contributed by atoms with Crippen molar-refractivity contribution >= 4 is 48.5 Å². The predicted octanol–water partition coefficient (Wildman–Crippen LogP) is 3.72. The van der Waals surface area contributed by atoms with E-state index >= 15 is 0 Å². The number of nitrogens with zero attached hydrogens (tertiary/aromatic N) is 5. The molecule has 6 nitrogen and oxygen atoms in total. The largest absolute Gasteiger partial charge is 0.288 e. The van der Waals surface area contributed by atoms with E-state index < -0.39 is 0 Å². The van der Waals surface area contributed by atoms with Crippen molar-refractivity contribution in [2.45, 2.75) is 6.42 Å². The van der Waals surface area contributed by atoms with Crippen molar-refractivity contribution in [2.24, 2.45) is 11.0 Å². The summed E-state index contributed by atoms with van der Waals surface area (Å²) in [5.41, 5.74) is 9.23. The number of hydrogen-bond donors (Lipinski definition) is 0. The lowest BCUT2D eigenvalue weighted by molar-refractivity contribution is -0.117. The molecule has 8 heteroatoms. The van der Waals surface area contributed by atoms with Gasteiger partial charge in [-0.3, -0.25) is 9.69 Å². The maximum atomic E-state index is 12.0. The third kappa shape index (κ3) is 2.49. The minimum atomic E-state index is 0.0428. The minimum Gasteiger partial charge on any atom is -0.288 e. The van der Waals surface area contributed by atoms with Crippen molar-refractivity contribution in [3.05, 3.63) is 33.1 Å². The SMILES string of the molecule is [N-]=[N+]=NCC1CC(=O)N(c2nc3ccc(Br)cc3s2)C1. The van der Waals surface area contributed by atoms with Crippen LogP contribution in [0.3, 0.4) is 0 Å². The molecule has 3 rings (SSSR count). The second kappa shape index (κ2) is 5.40. The van der Waals surface area contributed by atoms with Crippen LogP contribution in [0.2, 0.25) is 0 Å². The summed E-state index contributed by atoms with van der Waals surface area (Å²) in [5, 5.41) is 4.26. The summed E-state index contributed by atoms with van der Waals surface area (Å²) in [7, 11) is 0. The van der Waals surface area contributed by atoms with E-state index in [-0.39, 0.29) is 11.8 Å². The van der Waals surface area contributed by atoms with Crippen molar-refractivity contribution in [1.82, 2.24) is 4.98 Å². The lowest BCUT2D eigenvalue weighted by Crippen LogP contribution is -2.24. The Morgan fingerprint density at radius 2 is 2.45 bits per heavy atom. The molecular formula is C12H10BrN5OS. The van der Waals surface area contributed by atoms with Gasteiger partial charge in [0.2, 0.25) is 5.91 Å². The van der Waals surface area contributed by atoms with Gasteiger partial charge in [0.05, 0.1) is 10.2 Å². The van der Waals surface area contributed by atoms with E-state index in [1.165, 1.54) is 11.3 Å². The van der Waals surface area contributed by atoms with Crippen LogP contribution in [0.1, 0.15) is 6.42 Å². The van der Waals surface area contributed by atoms with Crippen LogP contribution in [-0.4, -0.2) is 24.0 Å². The quantitative estimate of drug-likeness (QED) is 0.479. The van der Waals surface area contributed by atoms with Crippen molar-refractivity contribution < 1.29 is 4.79 Å². The standard InChI is InChI=1S/C12H10BrN5OS/c13-8-1-2-9-10(4-8)20-12(16-9)18-6-7(3-11(18)19)5-15-17-14/h1-2,4,7H,3,5-6H2. The average molecular weight is 352 g/mol. The number of hydrogen-bond acceptors (Lipinski definition) is 4. The predicted molar refractivity (Wildman–Crippen MR) is 81.8 cm³/mol. The zero-order valence-electron chi connectivity index (χ0n) is 10.4. The van der Waals surface area contributed by atoms with Gasteiger partial charge in [-0.2, -0.15) is 0 Å². The monoisotopic (exact) mass is 351 g/mol. The normalized spacial score (nSPS) is 18.6. The average Bonchev–Trinajstić information content (AvgIpc) is 2.99. The Bertz CT molecular complexity index is 724. The molecule has 1 aromatic heterocycles. The summed E-state index contributed by atoms with van der Waals surface area (Å²) in [5.74, 6) is 0.124.